The third-order valence-corrected chi connectivity index (χ3v) is 6.38. The van der Waals surface area contributed by atoms with Gasteiger partial charge in [-0.2, -0.15) is 0 Å². The maximum atomic E-state index is 13.4. The number of carbonyl (C=O) groups is 4. The number of phenols is 1. The number of benzene rings is 4. The van der Waals surface area contributed by atoms with E-state index in [2.05, 4.69) is 21.5 Å². The molecule has 0 heterocycles. The van der Waals surface area contributed by atoms with Crippen molar-refractivity contribution in [1.29, 1.82) is 0 Å². The summed E-state index contributed by atoms with van der Waals surface area (Å²) in [5, 5.41) is 15.1. The lowest BCUT2D eigenvalue weighted by atomic mass is 10.0. The van der Waals surface area contributed by atoms with Gasteiger partial charge in [0.2, 0.25) is 0 Å². The Morgan fingerprint density at radius 1 is 0.738 bits per heavy atom. The van der Waals surface area contributed by atoms with E-state index in [9.17, 15) is 24.3 Å². The molecule has 0 aliphatic carbocycles. The number of hydrogen-bond donors (Lipinski definition) is 5. The first-order valence-electron chi connectivity index (χ1n) is 13.0. The van der Waals surface area contributed by atoms with Gasteiger partial charge in [-0.15, -0.1) is 0 Å². The lowest BCUT2D eigenvalue weighted by Gasteiger charge is -2.20. The molecule has 10 nitrogen and oxygen atoms in total. The Labute approximate surface area is 242 Å². The van der Waals surface area contributed by atoms with Crippen molar-refractivity contribution in [1.82, 2.24) is 16.2 Å². The third kappa shape index (κ3) is 7.72. The number of amides is 4. The van der Waals surface area contributed by atoms with Crippen LogP contribution in [-0.4, -0.2) is 41.9 Å². The molecule has 4 aromatic rings. The number of hydrogen-bond acceptors (Lipinski definition) is 6. The molecule has 10 heteroatoms. The number of para-hydroxylation sites is 1. The van der Waals surface area contributed by atoms with E-state index >= 15 is 0 Å². The lowest BCUT2D eigenvalue weighted by molar-refractivity contribution is -0.123. The van der Waals surface area contributed by atoms with Crippen LogP contribution in [0.3, 0.4) is 0 Å². The molecule has 0 saturated heterocycles. The van der Waals surface area contributed by atoms with E-state index in [4.69, 9.17) is 4.74 Å². The molecule has 0 unspecified atom stereocenters. The summed E-state index contributed by atoms with van der Waals surface area (Å²) in [5.74, 6) is -1.60. The zero-order chi connectivity index (χ0) is 30.1. The number of anilines is 1. The first-order chi connectivity index (χ1) is 20.2. The number of ether oxygens (including phenoxy) is 1. The second-order valence-electron chi connectivity index (χ2n) is 9.43. The minimum absolute atomic E-state index is 0.0516. The van der Waals surface area contributed by atoms with Crippen molar-refractivity contribution in [3.05, 3.63) is 125 Å². The largest absolute Gasteiger partial charge is 0.508 e. The predicted octanol–water partition coefficient (Wildman–Crippen LogP) is 3.76. The predicted molar refractivity (Wildman–Crippen MR) is 157 cm³/mol. The molecular formula is C32H30N4O6. The molecule has 0 radical (unpaired) electrons. The Balaban J connectivity index is 1.50. The third-order valence-electron chi connectivity index (χ3n) is 6.38. The van der Waals surface area contributed by atoms with Gasteiger partial charge in [0.15, 0.2) is 0 Å². The SMILES string of the molecule is COc1ccc(C(=O)Nc2ccccc2C(=O)N[C@H](Cc2ccc(O)cc2)C(=O)NNC(=O)c2ccc(C)cc2)cc1. The number of nitrogens with one attached hydrogen (secondary N) is 4. The zero-order valence-electron chi connectivity index (χ0n) is 23.0. The first-order valence-corrected chi connectivity index (χ1v) is 13.0. The van der Waals surface area contributed by atoms with Crippen LogP contribution >= 0.6 is 0 Å². The van der Waals surface area contributed by atoms with Crippen LogP contribution in [0, 0.1) is 6.92 Å². The van der Waals surface area contributed by atoms with Gasteiger partial charge < -0.3 is 20.5 Å². The summed E-state index contributed by atoms with van der Waals surface area (Å²) >= 11 is 0. The lowest BCUT2D eigenvalue weighted by Crippen LogP contribution is -2.53. The quantitative estimate of drug-likeness (QED) is 0.195. The highest BCUT2D eigenvalue weighted by Crippen LogP contribution is 2.19. The zero-order valence-corrected chi connectivity index (χ0v) is 23.0. The van der Waals surface area contributed by atoms with E-state index in [1.54, 1.807) is 78.9 Å². The fourth-order valence-corrected chi connectivity index (χ4v) is 4.02. The van der Waals surface area contributed by atoms with Gasteiger partial charge in [-0.3, -0.25) is 30.0 Å². The van der Waals surface area contributed by atoms with Crippen LogP contribution in [0.15, 0.2) is 97.1 Å². The van der Waals surface area contributed by atoms with E-state index in [0.29, 0.717) is 22.4 Å². The van der Waals surface area contributed by atoms with Crippen molar-refractivity contribution < 1.29 is 29.0 Å². The van der Waals surface area contributed by atoms with Gasteiger partial charge in [0.05, 0.1) is 18.4 Å². The van der Waals surface area contributed by atoms with Crippen LogP contribution in [0.25, 0.3) is 0 Å². The molecule has 4 aromatic carbocycles. The maximum Gasteiger partial charge on any atom is 0.269 e. The summed E-state index contributed by atoms with van der Waals surface area (Å²) in [6.07, 6.45) is 0.0542. The minimum Gasteiger partial charge on any atom is -0.508 e. The highest BCUT2D eigenvalue weighted by Gasteiger charge is 2.24. The van der Waals surface area contributed by atoms with E-state index < -0.39 is 29.7 Å². The van der Waals surface area contributed by atoms with Crippen LogP contribution in [0.4, 0.5) is 5.69 Å². The number of rotatable bonds is 9. The van der Waals surface area contributed by atoms with Crippen LogP contribution in [0.2, 0.25) is 0 Å². The van der Waals surface area contributed by atoms with Crippen LogP contribution in [0.1, 0.15) is 42.2 Å². The normalized spacial score (nSPS) is 11.1. The van der Waals surface area contributed by atoms with Gasteiger partial charge in [-0.05, 0) is 73.2 Å². The van der Waals surface area contributed by atoms with Crippen molar-refractivity contribution in [2.75, 3.05) is 12.4 Å². The Hall–Kier alpha value is -5.64. The highest BCUT2D eigenvalue weighted by atomic mass is 16.5. The second kappa shape index (κ2) is 13.6. The average Bonchev–Trinajstić information content (AvgIpc) is 3.01. The summed E-state index contributed by atoms with van der Waals surface area (Å²) in [5.41, 5.74) is 7.47. The highest BCUT2D eigenvalue weighted by molar-refractivity contribution is 6.09. The Kier molecular flexibility index (Phi) is 9.52. The monoisotopic (exact) mass is 566 g/mol. The number of carbonyl (C=O) groups excluding carboxylic acids is 4. The summed E-state index contributed by atoms with van der Waals surface area (Å²) in [7, 11) is 1.52. The number of aromatic hydroxyl groups is 1. The molecule has 4 rings (SSSR count). The number of hydrazine groups is 1. The van der Waals surface area contributed by atoms with E-state index in [1.165, 1.54) is 25.3 Å². The molecule has 42 heavy (non-hydrogen) atoms. The summed E-state index contributed by atoms with van der Waals surface area (Å²) in [4.78, 5) is 52.0. The molecule has 0 aromatic heterocycles. The minimum atomic E-state index is -1.12. The molecule has 214 valence electrons. The second-order valence-corrected chi connectivity index (χ2v) is 9.43. The Bertz CT molecular complexity index is 1570. The van der Waals surface area contributed by atoms with Crippen molar-refractivity contribution >= 4 is 29.3 Å². The Morgan fingerprint density at radius 2 is 1.36 bits per heavy atom. The first kappa shape index (κ1) is 29.3. The molecule has 5 N–H and O–H groups in total. The topological polar surface area (TPSA) is 146 Å². The maximum absolute atomic E-state index is 13.4. The van der Waals surface area contributed by atoms with Crippen LogP contribution < -0.4 is 26.2 Å². The molecule has 4 amide bonds. The van der Waals surface area contributed by atoms with E-state index in [-0.39, 0.29) is 23.4 Å². The van der Waals surface area contributed by atoms with Crippen LogP contribution in [0.5, 0.6) is 11.5 Å². The van der Waals surface area contributed by atoms with Gasteiger partial charge in [-0.25, -0.2) is 0 Å². The number of aryl methyl sites for hydroxylation is 1. The summed E-state index contributed by atoms with van der Waals surface area (Å²) < 4.78 is 5.13. The van der Waals surface area contributed by atoms with Gasteiger partial charge in [-0.1, -0.05) is 42.0 Å². The molecule has 0 aliphatic heterocycles. The van der Waals surface area contributed by atoms with E-state index in [1.807, 2.05) is 6.92 Å². The van der Waals surface area contributed by atoms with Gasteiger partial charge in [0.1, 0.15) is 17.5 Å². The molecule has 0 spiro atoms. The molecule has 0 bridgehead atoms. The summed E-state index contributed by atoms with van der Waals surface area (Å²) in [6, 6.07) is 24.8. The van der Waals surface area contributed by atoms with Gasteiger partial charge in [0.25, 0.3) is 23.6 Å². The molecular weight excluding hydrogens is 536 g/mol. The number of methoxy groups -OCH3 is 1. The fourth-order valence-electron chi connectivity index (χ4n) is 4.02. The van der Waals surface area contributed by atoms with Crippen molar-refractivity contribution in [2.24, 2.45) is 0 Å². The van der Waals surface area contributed by atoms with Crippen molar-refractivity contribution in [3.8, 4) is 11.5 Å². The van der Waals surface area contributed by atoms with Crippen molar-refractivity contribution in [2.45, 2.75) is 19.4 Å². The van der Waals surface area contributed by atoms with Gasteiger partial charge in [0, 0.05) is 17.5 Å². The van der Waals surface area contributed by atoms with E-state index in [0.717, 1.165) is 5.56 Å². The Morgan fingerprint density at radius 3 is 2.02 bits per heavy atom. The molecule has 1 atom stereocenters. The van der Waals surface area contributed by atoms with Crippen LogP contribution in [-0.2, 0) is 11.2 Å². The molecule has 0 aliphatic rings. The molecule has 0 fully saturated rings. The smallest absolute Gasteiger partial charge is 0.269 e. The standard InChI is InChI=1S/C32H30N4O6/c1-20-7-11-23(12-8-20)30(39)35-36-32(41)28(19-21-9-15-24(37)16-10-21)34-31(40)26-5-3-4-6-27(26)33-29(38)22-13-17-25(42-2)18-14-22/h3-18,28,37H,19H2,1-2H3,(H,33,38)(H,34,40)(H,35,39)(H,36,41)/t28-/m1/s1. The van der Waals surface area contributed by atoms with Gasteiger partial charge >= 0.3 is 0 Å². The molecule has 0 saturated carbocycles. The number of phenolic OH excluding ortho intramolecular Hbond substituents is 1. The average molecular weight is 567 g/mol. The summed E-state index contributed by atoms with van der Waals surface area (Å²) in [6.45, 7) is 1.89. The van der Waals surface area contributed by atoms with Crippen molar-refractivity contribution in [3.63, 3.8) is 0 Å². The fraction of sp³-hybridized carbons (Fsp3) is 0.125.